The highest BCUT2D eigenvalue weighted by molar-refractivity contribution is 7.95. The number of halogens is 1. The van der Waals surface area contributed by atoms with Crippen LogP contribution in [0.2, 0.25) is 0 Å². The molecule has 2 aromatic rings. The first kappa shape index (κ1) is 19.6. The van der Waals surface area contributed by atoms with Crippen LogP contribution >= 0.6 is 12.1 Å². The van der Waals surface area contributed by atoms with Gasteiger partial charge >= 0.3 is 6.03 Å². The van der Waals surface area contributed by atoms with Gasteiger partial charge in [-0.1, -0.05) is 0 Å². The van der Waals surface area contributed by atoms with Gasteiger partial charge in [-0.15, -0.1) is 0 Å². The van der Waals surface area contributed by atoms with Gasteiger partial charge in [0.15, 0.2) is 0 Å². The number of carbonyl (C=O) groups excluding carboxylic acids is 1. The van der Waals surface area contributed by atoms with Crippen LogP contribution in [0.3, 0.4) is 0 Å². The molecule has 0 spiro atoms. The van der Waals surface area contributed by atoms with Crippen molar-refractivity contribution in [3.8, 4) is 17.0 Å². The number of nitrogens with zero attached hydrogens (tertiary/aromatic N) is 3. The Hall–Kier alpha value is -2.36. The fourth-order valence-electron chi connectivity index (χ4n) is 4.57. The number of hydrogen-bond donors (Lipinski definition) is 2. The van der Waals surface area contributed by atoms with Gasteiger partial charge in [-0.05, 0) is 55.1 Å². The molecule has 3 heterocycles. The molecule has 2 N–H and O–H groups in total. The molecular weight excluding hydrogens is 405 g/mol. The summed E-state index contributed by atoms with van der Waals surface area (Å²) in [6.07, 6.45) is 3.93. The van der Waals surface area contributed by atoms with E-state index in [-0.39, 0.29) is 11.8 Å². The SMILES string of the molecule is COc1cc(-c2cc(F)c3c(c2NC(=O)NSN2CC4C2CN4C)CCC3)ccn1. The minimum absolute atomic E-state index is 0.227. The number of hydrogen-bond acceptors (Lipinski definition) is 6. The van der Waals surface area contributed by atoms with Crippen LogP contribution < -0.4 is 14.8 Å². The number of carbonyl (C=O) groups is 1. The molecule has 2 amide bonds. The van der Waals surface area contributed by atoms with Crippen LogP contribution in [0.25, 0.3) is 11.1 Å². The number of rotatable bonds is 5. The molecule has 2 aliphatic heterocycles. The minimum Gasteiger partial charge on any atom is -0.481 e. The van der Waals surface area contributed by atoms with Crippen molar-refractivity contribution < 1.29 is 13.9 Å². The van der Waals surface area contributed by atoms with E-state index in [0.717, 1.165) is 37.1 Å². The average molecular weight is 430 g/mol. The molecule has 1 aromatic carbocycles. The van der Waals surface area contributed by atoms with Crippen molar-refractivity contribution in [2.45, 2.75) is 31.3 Å². The Bertz CT molecular complexity index is 1000. The number of methoxy groups -OCH3 is 1. The van der Waals surface area contributed by atoms with Crippen molar-refractivity contribution in [3.05, 3.63) is 41.3 Å². The van der Waals surface area contributed by atoms with Gasteiger partial charge in [-0.3, -0.25) is 9.62 Å². The van der Waals surface area contributed by atoms with Crippen LogP contribution in [-0.2, 0) is 12.8 Å². The number of benzene rings is 1. The van der Waals surface area contributed by atoms with Gasteiger partial charge in [-0.2, -0.15) is 0 Å². The third kappa shape index (κ3) is 3.30. The predicted octanol–water partition coefficient (Wildman–Crippen LogP) is 3.07. The highest BCUT2D eigenvalue weighted by Gasteiger charge is 2.50. The lowest BCUT2D eigenvalue weighted by Gasteiger charge is -2.59. The van der Waals surface area contributed by atoms with E-state index >= 15 is 0 Å². The van der Waals surface area contributed by atoms with Crippen molar-refractivity contribution in [1.29, 1.82) is 0 Å². The largest absolute Gasteiger partial charge is 0.481 e. The third-order valence-electron chi connectivity index (χ3n) is 6.32. The van der Waals surface area contributed by atoms with E-state index in [1.54, 1.807) is 25.4 Å². The zero-order valence-electron chi connectivity index (χ0n) is 16.9. The predicted molar refractivity (Wildman–Crippen MR) is 115 cm³/mol. The van der Waals surface area contributed by atoms with Crippen LogP contribution in [0, 0.1) is 5.82 Å². The van der Waals surface area contributed by atoms with Crippen molar-refractivity contribution in [3.63, 3.8) is 0 Å². The lowest BCUT2D eigenvalue weighted by Crippen LogP contribution is -2.76. The number of urea groups is 1. The Balaban J connectivity index is 1.38. The molecule has 7 nitrogen and oxygen atoms in total. The number of likely N-dealkylation sites (tertiary alicyclic amines) is 1. The number of aromatic nitrogens is 1. The first-order chi connectivity index (χ1) is 14.5. The van der Waals surface area contributed by atoms with Crippen LogP contribution in [-0.4, -0.2) is 59.6 Å². The molecule has 2 saturated heterocycles. The van der Waals surface area contributed by atoms with Gasteiger partial charge in [0.1, 0.15) is 5.82 Å². The first-order valence-electron chi connectivity index (χ1n) is 10.1. The highest BCUT2D eigenvalue weighted by atomic mass is 32.2. The van der Waals surface area contributed by atoms with Crippen LogP contribution in [0.1, 0.15) is 17.5 Å². The van der Waals surface area contributed by atoms with Gasteiger partial charge in [-0.25, -0.2) is 18.5 Å². The van der Waals surface area contributed by atoms with Gasteiger partial charge < -0.3 is 10.1 Å². The van der Waals surface area contributed by atoms with Crippen molar-refractivity contribution in [2.24, 2.45) is 0 Å². The Kier molecular flexibility index (Phi) is 5.04. The van der Waals surface area contributed by atoms with Crippen LogP contribution in [0.15, 0.2) is 24.4 Å². The fourth-order valence-corrected chi connectivity index (χ4v) is 5.39. The standard InChI is InChI=1S/C21H24FN5O2S/c1-26-10-18-17(26)11-27(18)30-25-21(28)24-20-14-5-3-4-13(14)16(22)9-15(20)12-6-7-23-19(8-12)29-2/h6-9,17-18H,3-5,10-11H2,1-2H3,(H2,24,25,28). The normalized spacial score (nSPS) is 22.5. The molecule has 2 atom stereocenters. The molecule has 2 fully saturated rings. The lowest BCUT2D eigenvalue weighted by molar-refractivity contribution is -0.0561. The topological polar surface area (TPSA) is 69.7 Å². The number of pyridine rings is 1. The van der Waals surface area contributed by atoms with Crippen molar-refractivity contribution in [1.82, 2.24) is 18.9 Å². The maximum absolute atomic E-state index is 14.8. The average Bonchev–Trinajstić information content (AvgIpc) is 3.24. The molecule has 9 heteroatoms. The Morgan fingerprint density at radius 3 is 2.83 bits per heavy atom. The van der Waals surface area contributed by atoms with E-state index in [1.807, 2.05) is 0 Å². The van der Waals surface area contributed by atoms with Gasteiger partial charge in [0, 0.05) is 49.1 Å². The summed E-state index contributed by atoms with van der Waals surface area (Å²) in [5.74, 6) is 0.214. The Morgan fingerprint density at radius 1 is 1.27 bits per heavy atom. The quantitative estimate of drug-likeness (QED) is 0.712. The molecule has 0 bridgehead atoms. The molecule has 158 valence electrons. The molecule has 0 radical (unpaired) electrons. The molecule has 0 saturated carbocycles. The second-order valence-electron chi connectivity index (χ2n) is 8.00. The molecule has 3 aliphatic rings. The maximum Gasteiger partial charge on any atom is 0.330 e. The Labute approximate surface area is 179 Å². The summed E-state index contributed by atoms with van der Waals surface area (Å²) in [6, 6.07) is 5.86. The number of fused-ring (bicyclic) bond motifs is 2. The van der Waals surface area contributed by atoms with Gasteiger partial charge in [0.25, 0.3) is 0 Å². The molecule has 1 aliphatic carbocycles. The summed E-state index contributed by atoms with van der Waals surface area (Å²) >= 11 is 1.34. The van der Waals surface area contributed by atoms with Gasteiger partial charge in [0.05, 0.1) is 18.8 Å². The smallest absolute Gasteiger partial charge is 0.330 e. The number of anilines is 1. The number of nitrogens with one attached hydrogen (secondary N) is 2. The molecule has 2 unspecified atom stereocenters. The van der Waals surface area contributed by atoms with E-state index in [9.17, 15) is 9.18 Å². The van der Waals surface area contributed by atoms with E-state index in [4.69, 9.17) is 4.74 Å². The van der Waals surface area contributed by atoms with E-state index in [0.29, 0.717) is 41.2 Å². The van der Waals surface area contributed by atoms with E-state index in [1.165, 1.54) is 18.2 Å². The number of likely N-dealkylation sites (N-methyl/N-ethyl adjacent to an activating group) is 1. The molecular formula is C21H24FN5O2S. The Morgan fingerprint density at radius 2 is 2.10 bits per heavy atom. The molecule has 1 aromatic heterocycles. The first-order valence-corrected chi connectivity index (χ1v) is 10.9. The second-order valence-corrected chi connectivity index (χ2v) is 8.86. The summed E-state index contributed by atoms with van der Waals surface area (Å²) in [7, 11) is 3.66. The lowest BCUT2D eigenvalue weighted by atomic mass is 9.90. The summed E-state index contributed by atoms with van der Waals surface area (Å²) in [4.78, 5) is 19.2. The third-order valence-corrected chi connectivity index (χ3v) is 7.25. The minimum atomic E-state index is -0.306. The summed E-state index contributed by atoms with van der Waals surface area (Å²) < 4.78 is 25.1. The van der Waals surface area contributed by atoms with Crippen molar-refractivity contribution in [2.75, 3.05) is 32.6 Å². The molecule has 5 rings (SSSR count). The molecule has 30 heavy (non-hydrogen) atoms. The summed E-state index contributed by atoms with van der Waals surface area (Å²) in [5, 5.41) is 2.99. The highest BCUT2D eigenvalue weighted by Crippen LogP contribution is 2.40. The summed E-state index contributed by atoms with van der Waals surface area (Å²) in [5.41, 5.74) is 3.64. The fraction of sp³-hybridized carbons (Fsp3) is 0.429. The monoisotopic (exact) mass is 429 g/mol. The maximum atomic E-state index is 14.8. The number of piperazine rings is 1. The van der Waals surface area contributed by atoms with Crippen LogP contribution in [0.4, 0.5) is 14.9 Å². The second kappa shape index (κ2) is 7.72. The van der Waals surface area contributed by atoms with Gasteiger partial charge in [0.2, 0.25) is 5.88 Å². The van der Waals surface area contributed by atoms with E-state index < -0.39 is 0 Å². The van der Waals surface area contributed by atoms with Crippen LogP contribution in [0.5, 0.6) is 5.88 Å². The van der Waals surface area contributed by atoms with Crippen molar-refractivity contribution >= 4 is 23.9 Å². The number of ether oxygens (including phenoxy) is 1. The number of amides is 2. The zero-order valence-corrected chi connectivity index (χ0v) is 17.8. The van der Waals surface area contributed by atoms with E-state index in [2.05, 4.69) is 31.3 Å². The zero-order chi connectivity index (χ0) is 20.8. The summed E-state index contributed by atoms with van der Waals surface area (Å²) in [6.45, 7) is 1.97.